The second-order valence-corrected chi connectivity index (χ2v) is 8.39. The molecule has 0 spiro atoms. The highest BCUT2D eigenvalue weighted by atomic mass is 35.5. The first-order chi connectivity index (χ1) is 15.9. The molecule has 4 heterocycles. The number of ether oxygens (including phenoxy) is 1. The number of anilines is 1. The fourth-order valence-electron chi connectivity index (χ4n) is 4.06. The van der Waals surface area contributed by atoms with Crippen LogP contribution in [0.25, 0.3) is 22.2 Å². The molecule has 3 aromatic heterocycles. The van der Waals surface area contributed by atoms with E-state index >= 15 is 0 Å². The van der Waals surface area contributed by atoms with Gasteiger partial charge in [-0.25, -0.2) is 14.4 Å². The number of benzene rings is 1. The van der Waals surface area contributed by atoms with E-state index in [-0.39, 0.29) is 33.3 Å². The maximum atomic E-state index is 14.9. The lowest BCUT2D eigenvalue weighted by atomic mass is 10.1. The third kappa shape index (κ3) is 3.96. The van der Waals surface area contributed by atoms with Gasteiger partial charge in [-0.3, -0.25) is 14.3 Å². The summed E-state index contributed by atoms with van der Waals surface area (Å²) in [5, 5.41) is 0.541. The van der Waals surface area contributed by atoms with Crippen LogP contribution in [-0.4, -0.2) is 39.2 Å². The van der Waals surface area contributed by atoms with E-state index < -0.39 is 5.82 Å². The maximum absolute atomic E-state index is 14.9. The third-order valence-corrected chi connectivity index (χ3v) is 6.16. The van der Waals surface area contributed by atoms with Crippen molar-refractivity contribution >= 4 is 28.3 Å². The standard InChI is InChI=1S/C24H21ClFN5O2/c1-14-28-19-12-21(31-9-10-33-20(13-31)15-5-7-27-8-6-15)29-23(22(19)24(32)30(14)2)17-4-3-16(25)11-18(17)26/h3-8,11-12,20H,9-10,13H2,1-2H3. The van der Waals surface area contributed by atoms with Gasteiger partial charge < -0.3 is 9.64 Å². The minimum Gasteiger partial charge on any atom is -0.370 e. The Kier molecular flexibility index (Phi) is 5.55. The van der Waals surface area contributed by atoms with Crippen LogP contribution in [0, 0.1) is 12.7 Å². The molecule has 168 valence electrons. The summed E-state index contributed by atoms with van der Waals surface area (Å²) < 4.78 is 22.3. The van der Waals surface area contributed by atoms with Gasteiger partial charge in [0.2, 0.25) is 0 Å². The van der Waals surface area contributed by atoms with Gasteiger partial charge in [0, 0.05) is 49.2 Å². The van der Waals surface area contributed by atoms with Crippen molar-refractivity contribution in [3.63, 3.8) is 0 Å². The monoisotopic (exact) mass is 465 g/mol. The van der Waals surface area contributed by atoms with Crippen LogP contribution in [0.1, 0.15) is 17.5 Å². The van der Waals surface area contributed by atoms with Crippen LogP contribution in [0.2, 0.25) is 5.02 Å². The van der Waals surface area contributed by atoms with Gasteiger partial charge in [0.05, 0.1) is 23.2 Å². The molecule has 0 bridgehead atoms. The molecule has 5 rings (SSSR count). The second kappa shape index (κ2) is 8.53. The Balaban J connectivity index is 1.67. The number of aryl methyl sites for hydroxylation is 1. The van der Waals surface area contributed by atoms with Crippen LogP contribution in [-0.2, 0) is 11.8 Å². The predicted octanol–water partition coefficient (Wildman–Crippen LogP) is 4.07. The molecule has 33 heavy (non-hydrogen) atoms. The zero-order valence-corrected chi connectivity index (χ0v) is 18.9. The molecule has 1 aliphatic rings. The second-order valence-electron chi connectivity index (χ2n) is 7.96. The molecule has 7 nitrogen and oxygen atoms in total. The van der Waals surface area contributed by atoms with Crippen molar-refractivity contribution in [1.29, 1.82) is 0 Å². The molecule has 1 aliphatic heterocycles. The fourth-order valence-corrected chi connectivity index (χ4v) is 4.22. The lowest BCUT2D eigenvalue weighted by Gasteiger charge is -2.34. The highest BCUT2D eigenvalue weighted by Crippen LogP contribution is 2.32. The summed E-state index contributed by atoms with van der Waals surface area (Å²) in [6.45, 7) is 3.42. The molecular formula is C24H21ClFN5O2. The van der Waals surface area contributed by atoms with Gasteiger partial charge in [0.15, 0.2) is 0 Å². The lowest BCUT2D eigenvalue weighted by molar-refractivity contribution is 0.0395. The van der Waals surface area contributed by atoms with E-state index in [4.69, 9.17) is 21.3 Å². The van der Waals surface area contributed by atoms with Crippen LogP contribution < -0.4 is 10.5 Å². The molecule has 1 unspecified atom stereocenters. The normalized spacial score (nSPS) is 16.4. The predicted molar refractivity (Wildman–Crippen MR) is 125 cm³/mol. The van der Waals surface area contributed by atoms with Crippen molar-refractivity contribution in [1.82, 2.24) is 19.5 Å². The Morgan fingerprint density at radius 2 is 1.94 bits per heavy atom. The first-order valence-electron chi connectivity index (χ1n) is 10.5. The average molecular weight is 466 g/mol. The first kappa shape index (κ1) is 21.5. The Labute approximate surface area is 194 Å². The molecule has 1 atom stereocenters. The molecule has 0 radical (unpaired) electrons. The average Bonchev–Trinajstić information content (AvgIpc) is 2.82. The van der Waals surface area contributed by atoms with E-state index in [2.05, 4.69) is 14.9 Å². The van der Waals surface area contributed by atoms with Gasteiger partial charge in [-0.05, 0) is 42.8 Å². The summed E-state index contributed by atoms with van der Waals surface area (Å²) in [6, 6.07) is 9.98. The Morgan fingerprint density at radius 1 is 1.15 bits per heavy atom. The van der Waals surface area contributed by atoms with E-state index in [9.17, 15) is 9.18 Å². The Bertz CT molecular complexity index is 1410. The van der Waals surface area contributed by atoms with Crippen LogP contribution in [0.15, 0.2) is 53.6 Å². The van der Waals surface area contributed by atoms with Crippen LogP contribution in [0.3, 0.4) is 0 Å². The van der Waals surface area contributed by atoms with Gasteiger partial charge in [-0.2, -0.15) is 0 Å². The number of hydrogen-bond donors (Lipinski definition) is 0. The summed E-state index contributed by atoms with van der Waals surface area (Å²) >= 11 is 5.96. The smallest absolute Gasteiger partial charge is 0.263 e. The van der Waals surface area contributed by atoms with Gasteiger partial charge in [0.25, 0.3) is 5.56 Å². The molecule has 1 aromatic carbocycles. The summed E-state index contributed by atoms with van der Waals surface area (Å²) in [7, 11) is 1.64. The van der Waals surface area contributed by atoms with Crippen molar-refractivity contribution in [3.8, 4) is 11.3 Å². The van der Waals surface area contributed by atoms with Crippen molar-refractivity contribution in [2.75, 3.05) is 24.6 Å². The van der Waals surface area contributed by atoms with Crippen molar-refractivity contribution in [2.24, 2.45) is 7.05 Å². The van der Waals surface area contributed by atoms with Gasteiger partial charge in [-0.15, -0.1) is 0 Å². The molecule has 1 fully saturated rings. The van der Waals surface area contributed by atoms with Crippen LogP contribution in [0.5, 0.6) is 0 Å². The van der Waals surface area contributed by atoms with E-state index in [0.717, 1.165) is 5.56 Å². The van der Waals surface area contributed by atoms with E-state index in [1.54, 1.807) is 44.6 Å². The lowest BCUT2D eigenvalue weighted by Crippen LogP contribution is -2.39. The third-order valence-electron chi connectivity index (χ3n) is 5.93. The Hall–Kier alpha value is -3.36. The molecule has 0 N–H and O–H groups in total. The number of morpholine rings is 1. The number of pyridine rings is 2. The molecule has 0 amide bonds. The molecule has 1 saturated heterocycles. The SMILES string of the molecule is Cc1nc2cc(N3CCOC(c4ccncc4)C3)nc(-c3ccc(Cl)cc3F)c2c(=O)n1C. The minimum atomic E-state index is -0.548. The summed E-state index contributed by atoms with van der Waals surface area (Å²) in [5.74, 6) is 0.617. The fraction of sp³-hybridized carbons (Fsp3) is 0.250. The number of halogens is 2. The maximum Gasteiger partial charge on any atom is 0.263 e. The number of nitrogens with zero attached hydrogens (tertiary/aromatic N) is 5. The van der Waals surface area contributed by atoms with E-state index in [1.807, 2.05) is 12.1 Å². The molecule has 4 aromatic rings. The van der Waals surface area contributed by atoms with Crippen LogP contribution >= 0.6 is 11.6 Å². The number of rotatable bonds is 3. The van der Waals surface area contributed by atoms with Gasteiger partial charge >= 0.3 is 0 Å². The minimum absolute atomic E-state index is 0.159. The topological polar surface area (TPSA) is 73.1 Å². The zero-order valence-electron chi connectivity index (χ0n) is 18.1. The van der Waals surface area contributed by atoms with Gasteiger partial charge in [-0.1, -0.05) is 11.6 Å². The van der Waals surface area contributed by atoms with Crippen molar-refractivity contribution in [3.05, 3.63) is 81.4 Å². The number of hydrogen-bond acceptors (Lipinski definition) is 6. The van der Waals surface area contributed by atoms with Gasteiger partial charge in [0.1, 0.15) is 23.6 Å². The molecule has 9 heteroatoms. The molecule has 0 aliphatic carbocycles. The van der Waals surface area contributed by atoms with Crippen LogP contribution in [0.4, 0.5) is 10.2 Å². The van der Waals surface area contributed by atoms with Crippen molar-refractivity contribution < 1.29 is 9.13 Å². The number of aromatic nitrogens is 4. The summed E-state index contributed by atoms with van der Waals surface area (Å²) in [5.41, 5.74) is 1.65. The highest BCUT2D eigenvalue weighted by Gasteiger charge is 2.25. The largest absolute Gasteiger partial charge is 0.370 e. The summed E-state index contributed by atoms with van der Waals surface area (Å²) in [6.07, 6.45) is 3.30. The highest BCUT2D eigenvalue weighted by molar-refractivity contribution is 6.30. The Morgan fingerprint density at radius 3 is 2.70 bits per heavy atom. The van der Waals surface area contributed by atoms with E-state index in [1.165, 1.54) is 10.6 Å². The summed E-state index contributed by atoms with van der Waals surface area (Å²) in [4.78, 5) is 28.7. The number of fused-ring (bicyclic) bond motifs is 1. The molecule has 0 saturated carbocycles. The van der Waals surface area contributed by atoms with Crippen molar-refractivity contribution in [2.45, 2.75) is 13.0 Å². The zero-order chi connectivity index (χ0) is 23.1. The quantitative estimate of drug-likeness (QED) is 0.454. The van der Waals surface area contributed by atoms with E-state index in [0.29, 0.717) is 36.9 Å². The first-order valence-corrected chi connectivity index (χ1v) is 10.9. The molecular weight excluding hydrogens is 445 g/mol.